The van der Waals surface area contributed by atoms with Gasteiger partial charge in [-0.3, -0.25) is 9.98 Å². The number of hydrogen-bond donors (Lipinski definition) is 2. The van der Waals surface area contributed by atoms with E-state index in [-0.39, 0.29) is 11.1 Å². The predicted molar refractivity (Wildman–Crippen MR) is 94.0 cm³/mol. The van der Waals surface area contributed by atoms with Gasteiger partial charge in [0.05, 0.1) is 13.1 Å². The summed E-state index contributed by atoms with van der Waals surface area (Å²) in [6, 6.07) is 0. The van der Waals surface area contributed by atoms with Crippen molar-refractivity contribution in [3.8, 4) is 0 Å². The van der Waals surface area contributed by atoms with Crippen molar-refractivity contribution in [1.82, 2.24) is 10.6 Å². The lowest BCUT2D eigenvalue weighted by Crippen LogP contribution is -2.44. The molecule has 0 radical (unpaired) electrons. The highest BCUT2D eigenvalue weighted by Crippen LogP contribution is 2.12. The van der Waals surface area contributed by atoms with Crippen molar-refractivity contribution in [3.63, 3.8) is 0 Å². The van der Waals surface area contributed by atoms with Crippen molar-refractivity contribution < 1.29 is 0 Å². The third kappa shape index (κ3) is 8.32. The zero-order valence-corrected chi connectivity index (χ0v) is 14.8. The molecule has 0 spiro atoms. The lowest BCUT2D eigenvalue weighted by Gasteiger charge is -2.28. The molecular weight excluding hydrogens is 260 g/mol. The van der Waals surface area contributed by atoms with Gasteiger partial charge in [-0.1, -0.05) is 0 Å². The molecule has 0 saturated heterocycles. The van der Waals surface area contributed by atoms with Crippen LogP contribution < -0.4 is 10.6 Å². The Morgan fingerprint density at radius 3 is 1.52 bits per heavy atom. The predicted octanol–water partition coefficient (Wildman–Crippen LogP) is 2.83. The number of nitrogens with zero attached hydrogens (tertiary/aromatic N) is 2. The van der Waals surface area contributed by atoms with E-state index in [2.05, 4.69) is 62.2 Å². The first kappa shape index (κ1) is 18.3. The Balaban J connectivity index is 2.71. The van der Waals surface area contributed by atoms with Crippen LogP contribution in [0.3, 0.4) is 0 Å². The fraction of sp³-hybridized carbons (Fsp3) is 0.882. The second kappa shape index (κ2) is 8.04. The Morgan fingerprint density at radius 1 is 0.762 bits per heavy atom. The summed E-state index contributed by atoms with van der Waals surface area (Å²) in [5, 5.41) is 7.29. The molecule has 1 aliphatic heterocycles. The standard InChI is InChI=1S/C17H34N4/c1-14-12-16(3,4)20-8-7-9-21-17(5,6)13-15(2)19-11-10-18-14/h20-21H,7-13H2,1-6H3. The Hall–Kier alpha value is -0.740. The molecule has 0 unspecified atom stereocenters. The van der Waals surface area contributed by atoms with E-state index in [0.29, 0.717) is 0 Å². The second-order valence-corrected chi connectivity index (χ2v) is 7.56. The van der Waals surface area contributed by atoms with Gasteiger partial charge in [0.25, 0.3) is 0 Å². The normalized spacial score (nSPS) is 25.2. The molecule has 1 heterocycles. The molecule has 4 nitrogen and oxygen atoms in total. The summed E-state index contributed by atoms with van der Waals surface area (Å²) in [6.45, 7) is 16.9. The summed E-state index contributed by atoms with van der Waals surface area (Å²) in [5.74, 6) is 0. The van der Waals surface area contributed by atoms with Crippen molar-refractivity contribution in [1.29, 1.82) is 0 Å². The van der Waals surface area contributed by atoms with Gasteiger partial charge < -0.3 is 10.6 Å². The maximum atomic E-state index is 4.66. The monoisotopic (exact) mass is 294 g/mol. The average molecular weight is 294 g/mol. The Morgan fingerprint density at radius 2 is 1.14 bits per heavy atom. The first-order chi connectivity index (χ1) is 9.70. The molecule has 0 saturated carbocycles. The van der Waals surface area contributed by atoms with Gasteiger partial charge in [0.2, 0.25) is 0 Å². The summed E-state index contributed by atoms with van der Waals surface area (Å²) in [5.41, 5.74) is 2.66. The first-order valence-electron chi connectivity index (χ1n) is 8.20. The fourth-order valence-electron chi connectivity index (χ4n) is 2.94. The van der Waals surface area contributed by atoms with Crippen LogP contribution in [0.15, 0.2) is 9.98 Å². The van der Waals surface area contributed by atoms with Crippen molar-refractivity contribution >= 4 is 11.4 Å². The molecule has 0 aliphatic carbocycles. The molecule has 2 N–H and O–H groups in total. The summed E-state index contributed by atoms with van der Waals surface area (Å²) in [4.78, 5) is 9.31. The van der Waals surface area contributed by atoms with Crippen molar-refractivity contribution in [3.05, 3.63) is 0 Å². The molecule has 0 amide bonds. The van der Waals surface area contributed by atoms with Gasteiger partial charge in [-0.25, -0.2) is 0 Å². The topological polar surface area (TPSA) is 48.8 Å². The molecule has 0 aromatic carbocycles. The maximum Gasteiger partial charge on any atom is 0.0584 e. The van der Waals surface area contributed by atoms with Gasteiger partial charge >= 0.3 is 0 Å². The average Bonchev–Trinajstić information content (AvgIpc) is 2.32. The van der Waals surface area contributed by atoms with Gasteiger partial charge in [0, 0.05) is 35.3 Å². The molecule has 0 bridgehead atoms. The first-order valence-corrected chi connectivity index (χ1v) is 8.20. The molecular formula is C17H34N4. The van der Waals surface area contributed by atoms with Crippen LogP contribution in [0.5, 0.6) is 0 Å². The Labute approximate surface area is 130 Å². The molecule has 0 aromatic rings. The molecule has 4 heteroatoms. The zero-order valence-electron chi connectivity index (χ0n) is 14.8. The van der Waals surface area contributed by atoms with E-state index in [1.807, 2.05) is 0 Å². The van der Waals surface area contributed by atoms with Gasteiger partial charge in [0.15, 0.2) is 0 Å². The zero-order chi connectivity index (χ0) is 15.9. The fourth-order valence-corrected chi connectivity index (χ4v) is 2.94. The molecule has 21 heavy (non-hydrogen) atoms. The number of nitrogens with one attached hydrogen (secondary N) is 2. The van der Waals surface area contributed by atoms with Gasteiger partial charge in [0.1, 0.15) is 0 Å². The summed E-state index contributed by atoms with van der Waals surface area (Å²) >= 11 is 0. The minimum Gasteiger partial charge on any atom is -0.311 e. The highest BCUT2D eigenvalue weighted by atomic mass is 15.0. The van der Waals surface area contributed by atoms with Crippen LogP contribution in [0.2, 0.25) is 0 Å². The molecule has 0 fully saturated rings. The quantitative estimate of drug-likeness (QED) is 0.722. The van der Waals surface area contributed by atoms with Crippen LogP contribution in [0.25, 0.3) is 0 Å². The molecule has 1 aliphatic rings. The molecule has 1 rings (SSSR count). The SMILES string of the molecule is CC1=NCCN=C(C)CC(C)(C)NCCCNC(C)(C)C1. The second-order valence-electron chi connectivity index (χ2n) is 7.56. The number of hydrogen-bond acceptors (Lipinski definition) is 4. The summed E-state index contributed by atoms with van der Waals surface area (Å²) < 4.78 is 0. The van der Waals surface area contributed by atoms with Crippen LogP contribution in [-0.4, -0.2) is 48.7 Å². The molecule has 122 valence electrons. The third-order valence-electron chi connectivity index (χ3n) is 3.82. The number of aliphatic imine (C=N–C) groups is 2. The van der Waals surface area contributed by atoms with Gasteiger partial charge in [-0.15, -0.1) is 0 Å². The van der Waals surface area contributed by atoms with Crippen molar-refractivity contribution in [2.45, 2.75) is 71.9 Å². The van der Waals surface area contributed by atoms with E-state index < -0.39 is 0 Å². The highest BCUT2D eigenvalue weighted by Gasteiger charge is 2.20. The Kier molecular flexibility index (Phi) is 7.01. The van der Waals surface area contributed by atoms with E-state index in [4.69, 9.17) is 0 Å². The minimum absolute atomic E-state index is 0.114. The Bertz CT molecular complexity index is 344. The van der Waals surface area contributed by atoms with E-state index in [1.54, 1.807) is 0 Å². The number of rotatable bonds is 0. The van der Waals surface area contributed by atoms with Crippen molar-refractivity contribution in [2.24, 2.45) is 9.98 Å². The highest BCUT2D eigenvalue weighted by molar-refractivity contribution is 5.83. The lowest BCUT2D eigenvalue weighted by atomic mass is 9.97. The van der Waals surface area contributed by atoms with Crippen LogP contribution in [-0.2, 0) is 0 Å². The van der Waals surface area contributed by atoms with E-state index >= 15 is 0 Å². The maximum absolute atomic E-state index is 4.66. The largest absolute Gasteiger partial charge is 0.311 e. The summed E-state index contributed by atoms with van der Waals surface area (Å²) in [6.07, 6.45) is 3.13. The van der Waals surface area contributed by atoms with Crippen molar-refractivity contribution in [2.75, 3.05) is 26.2 Å². The molecule has 0 aromatic heterocycles. The van der Waals surface area contributed by atoms with Gasteiger partial charge in [-0.2, -0.15) is 0 Å². The van der Waals surface area contributed by atoms with E-state index in [0.717, 1.165) is 45.4 Å². The summed E-state index contributed by atoms with van der Waals surface area (Å²) in [7, 11) is 0. The van der Waals surface area contributed by atoms with E-state index in [1.165, 1.54) is 11.4 Å². The molecule has 0 atom stereocenters. The smallest absolute Gasteiger partial charge is 0.0584 e. The van der Waals surface area contributed by atoms with Crippen LogP contribution in [0, 0.1) is 0 Å². The van der Waals surface area contributed by atoms with Crippen LogP contribution in [0.4, 0.5) is 0 Å². The lowest BCUT2D eigenvalue weighted by molar-refractivity contribution is 0.369. The minimum atomic E-state index is 0.114. The van der Waals surface area contributed by atoms with Crippen LogP contribution in [0.1, 0.15) is 60.8 Å². The third-order valence-corrected chi connectivity index (χ3v) is 3.82. The van der Waals surface area contributed by atoms with E-state index in [9.17, 15) is 0 Å². The van der Waals surface area contributed by atoms with Gasteiger partial charge in [-0.05, 0) is 61.1 Å². The van der Waals surface area contributed by atoms with Crippen LogP contribution >= 0.6 is 0 Å².